The Bertz CT molecular complexity index is 1090. The second-order valence-electron chi connectivity index (χ2n) is 6.62. The Morgan fingerprint density at radius 1 is 1.48 bits per heavy atom. The average Bonchev–Trinajstić information content (AvgIpc) is 3.24. The second-order valence-corrected chi connectivity index (χ2v) is 8.23. The quantitative estimate of drug-likeness (QED) is 0.643. The lowest BCUT2D eigenvalue weighted by Crippen LogP contribution is -2.53. The van der Waals surface area contributed by atoms with E-state index in [2.05, 4.69) is 47.6 Å². The molecule has 27 heavy (non-hydrogen) atoms. The molecule has 6 heterocycles. The molecule has 1 amide bonds. The molecule has 138 valence electrons. The Balaban J connectivity index is 1.47. The van der Waals surface area contributed by atoms with Crippen molar-refractivity contribution in [1.29, 1.82) is 0 Å². The van der Waals surface area contributed by atoms with E-state index in [9.17, 15) is 4.79 Å². The second kappa shape index (κ2) is 6.31. The van der Waals surface area contributed by atoms with E-state index >= 15 is 0 Å². The van der Waals surface area contributed by atoms with Gasteiger partial charge in [-0.2, -0.15) is 5.10 Å². The van der Waals surface area contributed by atoms with E-state index in [4.69, 9.17) is 4.98 Å². The Morgan fingerprint density at radius 2 is 2.37 bits per heavy atom. The largest absolute Gasteiger partial charge is 0.385 e. The molecule has 6 rings (SSSR count). The zero-order chi connectivity index (χ0) is 18.5. The molecule has 0 aliphatic carbocycles. The van der Waals surface area contributed by atoms with Gasteiger partial charge in [0.2, 0.25) is 0 Å². The van der Waals surface area contributed by atoms with Crippen LogP contribution in [0.3, 0.4) is 0 Å². The van der Waals surface area contributed by atoms with E-state index in [0.717, 1.165) is 30.2 Å². The molecule has 3 aliphatic heterocycles. The van der Waals surface area contributed by atoms with Crippen molar-refractivity contribution in [2.24, 2.45) is 7.05 Å². The van der Waals surface area contributed by atoms with Crippen LogP contribution < -0.4 is 15.5 Å². The molecule has 2 bridgehead atoms. The van der Waals surface area contributed by atoms with Gasteiger partial charge in [0, 0.05) is 30.9 Å². The first-order valence-electron chi connectivity index (χ1n) is 8.53. The van der Waals surface area contributed by atoms with Gasteiger partial charge in [0.25, 0.3) is 5.91 Å². The van der Waals surface area contributed by atoms with E-state index in [1.807, 2.05) is 0 Å². The number of carbonyl (C=O) groups is 1. The molecular formula is C17H16BrN7OS. The lowest BCUT2D eigenvalue weighted by Gasteiger charge is -2.41. The van der Waals surface area contributed by atoms with Gasteiger partial charge >= 0.3 is 0 Å². The first-order valence-corrected chi connectivity index (χ1v) is 10.2. The zero-order valence-electron chi connectivity index (χ0n) is 14.4. The summed E-state index contributed by atoms with van der Waals surface area (Å²) in [5, 5.41) is 12.3. The molecule has 3 aromatic heterocycles. The van der Waals surface area contributed by atoms with E-state index in [1.165, 1.54) is 17.0 Å². The molecule has 0 spiro atoms. The molecule has 1 fully saturated rings. The fraction of sp³-hybridized carbons (Fsp3) is 0.294. The number of halogens is 1. The van der Waals surface area contributed by atoms with Gasteiger partial charge < -0.3 is 15.5 Å². The van der Waals surface area contributed by atoms with Gasteiger partial charge in [0.05, 0.1) is 30.0 Å². The number of piperazine rings is 1. The molecule has 0 unspecified atom stereocenters. The Kier molecular flexibility index (Phi) is 3.90. The summed E-state index contributed by atoms with van der Waals surface area (Å²) in [4.78, 5) is 25.2. The minimum absolute atomic E-state index is 0.217. The molecule has 3 aliphatic rings. The number of rotatable bonds is 3. The summed E-state index contributed by atoms with van der Waals surface area (Å²) in [7, 11) is 1.80. The number of anilines is 2. The summed E-state index contributed by atoms with van der Waals surface area (Å²) < 4.78 is 2.23. The fourth-order valence-corrected chi connectivity index (χ4v) is 4.74. The van der Waals surface area contributed by atoms with E-state index in [-0.39, 0.29) is 5.91 Å². The summed E-state index contributed by atoms with van der Waals surface area (Å²) in [6.07, 6.45) is 6.80. The number of carbonyl (C=O) groups excluding carboxylic acids is 1. The molecule has 8 nitrogen and oxygen atoms in total. The minimum atomic E-state index is -0.217. The molecule has 2 N–H and O–H groups in total. The third-order valence-corrected chi connectivity index (χ3v) is 6.28. The maximum Gasteiger partial charge on any atom is 0.258 e. The van der Waals surface area contributed by atoms with Crippen LogP contribution >= 0.6 is 27.3 Å². The summed E-state index contributed by atoms with van der Waals surface area (Å²) in [6.45, 7) is 1.72. The van der Waals surface area contributed by atoms with E-state index in [1.54, 1.807) is 29.5 Å². The standard InChI is InChI=1S/C17H16BrN7OS/c1-24-7-12(15(18)23-24)21-16(26)11-8-27-17-14(11)22-13(5-20-17)25-6-9-2-3-10(25)4-19-9/h2,5,7-8,10,19H,3-4,6H2,1H3,(H,21,26)/t10-/m0/s1. The van der Waals surface area contributed by atoms with Crippen molar-refractivity contribution in [3.05, 3.63) is 39.7 Å². The molecule has 10 heteroatoms. The molecule has 0 radical (unpaired) electrons. The molecule has 3 aromatic rings. The zero-order valence-corrected chi connectivity index (χ0v) is 16.8. The number of hydrogen-bond acceptors (Lipinski definition) is 7. The van der Waals surface area contributed by atoms with Gasteiger partial charge in [-0.3, -0.25) is 9.48 Å². The third kappa shape index (κ3) is 2.88. The number of aromatic nitrogens is 4. The lowest BCUT2D eigenvalue weighted by molar-refractivity contribution is 0.102. The number of aryl methyl sites for hydroxylation is 1. The lowest BCUT2D eigenvalue weighted by atomic mass is 10.0. The van der Waals surface area contributed by atoms with Gasteiger partial charge in [-0.25, -0.2) is 9.97 Å². The predicted octanol–water partition coefficient (Wildman–Crippen LogP) is 2.51. The predicted molar refractivity (Wildman–Crippen MR) is 108 cm³/mol. The van der Waals surface area contributed by atoms with Crippen molar-refractivity contribution in [3.8, 4) is 0 Å². The number of hydrogen-bond donors (Lipinski definition) is 2. The van der Waals surface area contributed by atoms with Crippen LogP contribution in [-0.2, 0) is 7.05 Å². The highest BCUT2D eigenvalue weighted by Crippen LogP contribution is 2.30. The van der Waals surface area contributed by atoms with E-state index in [0.29, 0.717) is 27.4 Å². The molecule has 0 aromatic carbocycles. The highest BCUT2D eigenvalue weighted by atomic mass is 79.9. The van der Waals surface area contributed by atoms with Crippen LogP contribution in [0.15, 0.2) is 34.2 Å². The van der Waals surface area contributed by atoms with Crippen molar-refractivity contribution in [2.45, 2.75) is 12.5 Å². The Labute approximate surface area is 167 Å². The molecule has 1 atom stereocenters. The number of amides is 1. The first kappa shape index (κ1) is 16.7. The van der Waals surface area contributed by atoms with Crippen LogP contribution in [0.2, 0.25) is 0 Å². The van der Waals surface area contributed by atoms with Gasteiger partial charge in [-0.1, -0.05) is 6.08 Å². The van der Waals surface area contributed by atoms with Gasteiger partial charge in [-0.15, -0.1) is 11.3 Å². The number of nitrogens with one attached hydrogen (secondary N) is 2. The number of thiophene rings is 1. The van der Waals surface area contributed by atoms with Gasteiger partial charge in [-0.05, 0) is 22.4 Å². The van der Waals surface area contributed by atoms with Crippen molar-refractivity contribution in [2.75, 3.05) is 23.3 Å². The molecule has 0 saturated carbocycles. The van der Waals surface area contributed by atoms with Crippen LogP contribution in [0.25, 0.3) is 10.3 Å². The minimum Gasteiger partial charge on any atom is -0.385 e. The van der Waals surface area contributed by atoms with Crippen molar-refractivity contribution in [3.63, 3.8) is 0 Å². The molecule has 1 saturated heterocycles. The highest BCUT2D eigenvalue weighted by Gasteiger charge is 2.30. The topological polar surface area (TPSA) is 88.0 Å². The van der Waals surface area contributed by atoms with Crippen LogP contribution in [0.5, 0.6) is 0 Å². The van der Waals surface area contributed by atoms with Crippen LogP contribution in [0.1, 0.15) is 16.8 Å². The van der Waals surface area contributed by atoms with Crippen LogP contribution in [0, 0.1) is 0 Å². The highest BCUT2D eigenvalue weighted by molar-refractivity contribution is 9.10. The smallest absolute Gasteiger partial charge is 0.258 e. The van der Waals surface area contributed by atoms with Crippen molar-refractivity contribution < 1.29 is 4.79 Å². The Hall–Kier alpha value is -2.46. The first-order chi connectivity index (χ1) is 13.1. The maximum atomic E-state index is 12.8. The normalized spacial score (nSPS) is 18.5. The van der Waals surface area contributed by atoms with Crippen LogP contribution in [-0.4, -0.2) is 44.8 Å². The fourth-order valence-electron chi connectivity index (χ4n) is 3.46. The van der Waals surface area contributed by atoms with Gasteiger partial charge in [0.1, 0.15) is 16.2 Å². The van der Waals surface area contributed by atoms with Gasteiger partial charge in [0.15, 0.2) is 4.60 Å². The summed E-state index contributed by atoms with van der Waals surface area (Å²) in [5.74, 6) is 0.598. The maximum absolute atomic E-state index is 12.8. The number of nitrogens with zero attached hydrogens (tertiary/aromatic N) is 5. The number of fused-ring (bicyclic) bond motifs is 4. The third-order valence-electron chi connectivity index (χ3n) is 4.82. The van der Waals surface area contributed by atoms with E-state index < -0.39 is 0 Å². The summed E-state index contributed by atoms with van der Waals surface area (Å²) in [6, 6.07) is 0.372. The average molecular weight is 446 g/mol. The SMILES string of the molecule is Cn1cc(NC(=O)c2csc3ncc(N4CC5=CC[C@H]4CN5)nc23)c(Br)n1. The summed E-state index contributed by atoms with van der Waals surface area (Å²) in [5.41, 5.74) is 3.01. The van der Waals surface area contributed by atoms with Crippen molar-refractivity contribution in [1.82, 2.24) is 25.1 Å². The monoisotopic (exact) mass is 445 g/mol. The van der Waals surface area contributed by atoms with Crippen molar-refractivity contribution >= 4 is 55.0 Å². The summed E-state index contributed by atoms with van der Waals surface area (Å²) >= 11 is 4.77. The molecular weight excluding hydrogens is 430 g/mol. The van der Waals surface area contributed by atoms with Crippen LogP contribution in [0.4, 0.5) is 11.5 Å². The Morgan fingerprint density at radius 3 is 3.04 bits per heavy atom.